The van der Waals surface area contributed by atoms with Crippen LogP contribution in [0.25, 0.3) is 10.6 Å². The third-order valence-corrected chi connectivity index (χ3v) is 3.63. The zero-order valence-electron chi connectivity index (χ0n) is 10.5. The van der Waals surface area contributed by atoms with E-state index < -0.39 is 5.97 Å². The number of aromatic nitrogens is 1. The first-order chi connectivity index (χ1) is 9.17. The van der Waals surface area contributed by atoms with Crippen molar-refractivity contribution in [3.63, 3.8) is 0 Å². The van der Waals surface area contributed by atoms with Crippen LogP contribution in [0.5, 0.6) is 5.75 Å². The summed E-state index contributed by atoms with van der Waals surface area (Å²) in [5.41, 5.74) is 1.21. The van der Waals surface area contributed by atoms with Gasteiger partial charge in [-0.05, 0) is 12.1 Å². The molecule has 2 aromatic rings. The number of hydrogen-bond donors (Lipinski definition) is 1. The van der Waals surface area contributed by atoms with E-state index in [1.165, 1.54) is 7.11 Å². The van der Waals surface area contributed by atoms with Gasteiger partial charge in [-0.2, -0.15) is 0 Å². The highest BCUT2D eigenvalue weighted by Crippen LogP contribution is 2.34. The minimum Gasteiger partial charge on any atom is -0.496 e. The van der Waals surface area contributed by atoms with Crippen LogP contribution in [-0.4, -0.2) is 30.3 Å². The fourth-order valence-corrected chi connectivity index (χ4v) is 2.63. The predicted octanol–water partition coefficient (Wildman–Crippen LogP) is 2.66. The van der Waals surface area contributed by atoms with E-state index in [1.807, 2.05) is 24.3 Å². The van der Waals surface area contributed by atoms with Crippen molar-refractivity contribution in [1.29, 1.82) is 0 Å². The molecule has 1 heterocycles. The normalized spacial score (nSPS) is 10.4. The third-order valence-electron chi connectivity index (χ3n) is 2.51. The quantitative estimate of drug-likeness (QED) is 0.911. The Morgan fingerprint density at radius 1 is 1.37 bits per heavy atom. The molecule has 0 fully saturated rings. The number of carbonyl (C=O) groups is 1. The van der Waals surface area contributed by atoms with Gasteiger partial charge < -0.3 is 14.6 Å². The van der Waals surface area contributed by atoms with Crippen LogP contribution in [0.2, 0.25) is 0 Å². The first-order valence-corrected chi connectivity index (χ1v) is 6.34. The maximum Gasteiger partial charge on any atom is 0.347 e. The van der Waals surface area contributed by atoms with Gasteiger partial charge in [-0.1, -0.05) is 12.1 Å². The number of aromatic carboxylic acids is 1. The number of carboxylic acid groups (broad SMARTS) is 1. The van der Waals surface area contributed by atoms with Crippen molar-refractivity contribution >= 4 is 17.3 Å². The standard InChI is InChI=1S/C13H13NO4S/c1-17-7-9-11(13(15)16)19-12(14-9)8-5-3-4-6-10(8)18-2/h3-6H,7H2,1-2H3,(H,15,16). The second-order valence-electron chi connectivity index (χ2n) is 3.73. The van der Waals surface area contributed by atoms with E-state index in [2.05, 4.69) is 4.98 Å². The number of carboxylic acids is 1. The van der Waals surface area contributed by atoms with Gasteiger partial charge in [0.05, 0.1) is 25.0 Å². The number of rotatable bonds is 5. The van der Waals surface area contributed by atoms with Gasteiger partial charge in [0, 0.05) is 7.11 Å². The topological polar surface area (TPSA) is 68.7 Å². The summed E-state index contributed by atoms with van der Waals surface area (Å²) in [6, 6.07) is 7.37. The molecular formula is C13H13NO4S. The number of benzene rings is 1. The average Bonchev–Trinajstić information content (AvgIpc) is 2.83. The Balaban J connectivity index is 2.51. The van der Waals surface area contributed by atoms with Crippen LogP contribution < -0.4 is 4.74 Å². The van der Waals surface area contributed by atoms with Crippen LogP contribution in [-0.2, 0) is 11.3 Å². The molecule has 6 heteroatoms. The summed E-state index contributed by atoms with van der Waals surface area (Å²) in [7, 11) is 3.08. The van der Waals surface area contributed by atoms with Gasteiger partial charge in [0.2, 0.25) is 0 Å². The summed E-state index contributed by atoms with van der Waals surface area (Å²) in [5, 5.41) is 9.78. The van der Waals surface area contributed by atoms with E-state index in [-0.39, 0.29) is 11.5 Å². The molecule has 0 spiro atoms. The summed E-state index contributed by atoms with van der Waals surface area (Å²) in [6.07, 6.45) is 0. The molecule has 0 bridgehead atoms. The Kier molecular flexibility index (Phi) is 4.13. The molecule has 0 saturated carbocycles. The number of para-hydroxylation sites is 1. The average molecular weight is 279 g/mol. The molecule has 0 atom stereocenters. The lowest BCUT2D eigenvalue weighted by atomic mass is 10.2. The van der Waals surface area contributed by atoms with Gasteiger partial charge in [0.1, 0.15) is 15.6 Å². The maximum absolute atomic E-state index is 11.2. The van der Waals surface area contributed by atoms with Crippen molar-refractivity contribution < 1.29 is 19.4 Å². The highest BCUT2D eigenvalue weighted by atomic mass is 32.1. The highest BCUT2D eigenvalue weighted by molar-refractivity contribution is 7.17. The molecule has 0 aliphatic heterocycles. The lowest BCUT2D eigenvalue weighted by molar-refractivity contribution is 0.0697. The molecule has 1 aromatic heterocycles. The minimum atomic E-state index is -0.995. The van der Waals surface area contributed by atoms with Gasteiger partial charge >= 0.3 is 5.97 Å². The predicted molar refractivity (Wildman–Crippen MR) is 71.8 cm³/mol. The summed E-state index contributed by atoms with van der Waals surface area (Å²) >= 11 is 1.12. The van der Waals surface area contributed by atoms with E-state index in [0.717, 1.165) is 16.9 Å². The zero-order chi connectivity index (χ0) is 13.8. The van der Waals surface area contributed by atoms with E-state index >= 15 is 0 Å². The molecule has 1 aromatic carbocycles. The van der Waals surface area contributed by atoms with Crippen LogP contribution in [0.1, 0.15) is 15.4 Å². The second kappa shape index (κ2) is 5.81. The Morgan fingerprint density at radius 3 is 2.74 bits per heavy atom. The maximum atomic E-state index is 11.2. The molecular weight excluding hydrogens is 266 g/mol. The van der Waals surface area contributed by atoms with Crippen LogP contribution in [0, 0.1) is 0 Å². The van der Waals surface area contributed by atoms with Crippen molar-refractivity contribution in [2.24, 2.45) is 0 Å². The van der Waals surface area contributed by atoms with Crippen molar-refractivity contribution in [1.82, 2.24) is 4.98 Å². The van der Waals surface area contributed by atoms with Crippen LogP contribution in [0.3, 0.4) is 0 Å². The van der Waals surface area contributed by atoms with E-state index in [4.69, 9.17) is 14.6 Å². The molecule has 0 radical (unpaired) electrons. The first-order valence-electron chi connectivity index (χ1n) is 5.52. The smallest absolute Gasteiger partial charge is 0.347 e. The summed E-state index contributed by atoms with van der Waals surface area (Å²) in [4.78, 5) is 15.7. The van der Waals surface area contributed by atoms with E-state index in [9.17, 15) is 4.79 Å². The molecule has 0 aliphatic carbocycles. The number of methoxy groups -OCH3 is 2. The Labute approximate surface area is 114 Å². The summed E-state index contributed by atoms with van der Waals surface area (Å²) in [6.45, 7) is 0.174. The van der Waals surface area contributed by atoms with E-state index in [1.54, 1.807) is 7.11 Å². The molecule has 0 aliphatic rings. The molecule has 0 amide bonds. The van der Waals surface area contributed by atoms with Crippen LogP contribution in [0.4, 0.5) is 0 Å². The van der Waals surface area contributed by atoms with Crippen molar-refractivity contribution in [3.8, 4) is 16.3 Å². The van der Waals surface area contributed by atoms with Crippen molar-refractivity contribution in [2.45, 2.75) is 6.61 Å². The van der Waals surface area contributed by atoms with Gasteiger partial charge in [0.15, 0.2) is 0 Å². The Bertz CT molecular complexity index is 594. The molecule has 2 rings (SSSR count). The monoisotopic (exact) mass is 279 g/mol. The second-order valence-corrected chi connectivity index (χ2v) is 4.73. The Morgan fingerprint density at radius 2 is 2.11 bits per heavy atom. The summed E-state index contributed by atoms with van der Waals surface area (Å²) < 4.78 is 10.2. The van der Waals surface area contributed by atoms with Gasteiger partial charge in [0.25, 0.3) is 0 Å². The first kappa shape index (κ1) is 13.5. The molecule has 5 nitrogen and oxygen atoms in total. The van der Waals surface area contributed by atoms with Gasteiger partial charge in [-0.3, -0.25) is 0 Å². The number of nitrogens with zero attached hydrogens (tertiary/aromatic N) is 1. The molecule has 1 N–H and O–H groups in total. The lowest BCUT2D eigenvalue weighted by Gasteiger charge is -2.04. The van der Waals surface area contributed by atoms with Crippen molar-refractivity contribution in [2.75, 3.05) is 14.2 Å². The number of thiazole rings is 1. The fourth-order valence-electron chi connectivity index (χ4n) is 1.69. The summed E-state index contributed by atoms with van der Waals surface area (Å²) in [5.74, 6) is -0.331. The lowest BCUT2D eigenvalue weighted by Crippen LogP contribution is -1.99. The zero-order valence-corrected chi connectivity index (χ0v) is 11.4. The van der Waals surface area contributed by atoms with Gasteiger partial charge in [-0.15, -0.1) is 11.3 Å². The third kappa shape index (κ3) is 2.74. The SMILES string of the molecule is COCc1nc(-c2ccccc2OC)sc1C(=O)O. The molecule has 0 unspecified atom stereocenters. The Hall–Kier alpha value is -1.92. The van der Waals surface area contributed by atoms with Crippen molar-refractivity contribution in [3.05, 3.63) is 34.8 Å². The van der Waals surface area contributed by atoms with Crippen LogP contribution in [0.15, 0.2) is 24.3 Å². The highest BCUT2D eigenvalue weighted by Gasteiger charge is 2.19. The number of ether oxygens (including phenoxy) is 2. The van der Waals surface area contributed by atoms with Gasteiger partial charge in [-0.25, -0.2) is 9.78 Å². The molecule has 0 saturated heterocycles. The minimum absolute atomic E-state index is 0.174. The fraction of sp³-hybridized carbons (Fsp3) is 0.231. The number of hydrogen-bond acceptors (Lipinski definition) is 5. The molecule has 19 heavy (non-hydrogen) atoms. The van der Waals surface area contributed by atoms with Crippen LogP contribution >= 0.6 is 11.3 Å². The van der Waals surface area contributed by atoms with E-state index in [0.29, 0.717) is 16.5 Å². The molecule has 100 valence electrons. The largest absolute Gasteiger partial charge is 0.496 e.